The van der Waals surface area contributed by atoms with Crippen LogP contribution in [0.4, 0.5) is 0 Å². The van der Waals surface area contributed by atoms with E-state index >= 15 is 0 Å². The van der Waals surface area contributed by atoms with E-state index in [0.717, 1.165) is 5.56 Å². The molecule has 0 amide bonds. The fourth-order valence-electron chi connectivity index (χ4n) is 1.73. The van der Waals surface area contributed by atoms with Crippen LogP contribution in [0.1, 0.15) is 17.2 Å². The van der Waals surface area contributed by atoms with Crippen molar-refractivity contribution < 1.29 is 9.90 Å². The fourth-order valence-corrected chi connectivity index (χ4v) is 1.98. The molecule has 2 aromatic carbocycles. The van der Waals surface area contributed by atoms with E-state index in [1.165, 1.54) is 0 Å². The number of aliphatic carboxylic acids is 1. The highest BCUT2D eigenvalue weighted by Gasteiger charge is 2.14. The van der Waals surface area contributed by atoms with Gasteiger partial charge in [0.1, 0.15) is 4.99 Å². The van der Waals surface area contributed by atoms with Gasteiger partial charge in [-0.1, -0.05) is 72.9 Å². The van der Waals surface area contributed by atoms with Crippen LogP contribution in [0.3, 0.4) is 0 Å². The average Bonchev–Trinajstić information content (AvgIpc) is 2.46. The molecule has 0 aliphatic rings. The van der Waals surface area contributed by atoms with Crippen LogP contribution in [0.15, 0.2) is 60.7 Å². The van der Waals surface area contributed by atoms with Gasteiger partial charge in [0, 0.05) is 5.56 Å². The summed E-state index contributed by atoms with van der Waals surface area (Å²) in [5.74, 6) is -1.20. The van der Waals surface area contributed by atoms with Crippen LogP contribution in [0.2, 0.25) is 0 Å². The summed E-state index contributed by atoms with van der Waals surface area (Å²) >= 11 is 5.21. The summed E-state index contributed by atoms with van der Waals surface area (Å²) in [7, 11) is 0. The topological polar surface area (TPSA) is 52.2 Å². The second-order valence-electron chi connectivity index (χ2n) is 4.00. The molecule has 1 unspecified atom stereocenters. The van der Waals surface area contributed by atoms with Gasteiger partial charge in [0.2, 0.25) is 0 Å². The van der Waals surface area contributed by atoms with Crippen molar-refractivity contribution in [3.8, 4) is 0 Å². The van der Waals surface area contributed by atoms with Crippen molar-refractivity contribution in [1.82, 2.24) is 5.32 Å². The van der Waals surface area contributed by atoms with Crippen LogP contribution in [0.5, 0.6) is 0 Å². The molecule has 0 saturated heterocycles. The van der Waals surface area contributed by atoms with E-state index in [1.807, 2.05) is 36.4 Å². The van der Waals surface area contributed by atoms with E-state index in [0.29, 0.717) is 10.6 Å². The number of carbonyl (C=O) groups is 1. The Morgan fingerprint density at radius 3 is 2.05 bits per heavy atom. The smallest absolute Gasteiger partial charge is 0.107 e. The number of nitrogens with one attached hydrogen (secondary N) is 1. The molecule has 0 spiro atoms. The summed E-state index contributed by atoms with van der Waals surface area (Å²) in [5.41, 5.74) is 1.39. The number of carboxylic acid groups (broad SMARTS) is 1. The lowest BCUT2D eigenvalue weighted by Crippen LogP contribution is -2.41. The number of carbonyl (C=O) groups excluding carboxylic acids is 1. The lowest BCUT2D eigenvalue weighted by atomic mass is 10.1. The van der Waals surface area contributed by atoms with E-state index in [-0.39, 0.29) is 0 Å². The molecular weight excluding hydrogens is 258 g/mol. The van der Waals surface area contributed by atoms with E-state index in [9.17, 15) is 9.90 Å². The van der Waals surface area contributed by atoms with Gasteiger partial charge >= 0.3 is 0 Å². The van der Waals surface area contributed by atoms with Crippen molar-refractivity contribution in [3.05, 3.63) is 71.8 Å². The highest BCUT2D eigenvalue weighted by atomic mass is 32.1. The molecule has 0 radical (unpaired) electrons. The summed E-state index contributed by atoms with van der Waals surface area (Å²) in [4.78, 5) is 11.6. The van der Waals surface area contributed by atoms with Gasteiger partial charge in [-0.15, -0.1) is 0 Å². The lowest BCUT2D eigenvalue weighted by molar-refractivity contribution is -0.308. The molecule has 0 aliphatic heterocycles. The minimum atomic E-state index is -1.20. The number of benzene rings is 2. The van der Waals surface area contributed by atoms with Gasteiger partial charge in [-0.2, -0.15) is 0 Å². The Bertz CT molecular complexity index is 569. The zero-order chi connectivity index (χ0) is 13.7. The number of thiocarbonyl (C=S) groups is 1. The molecule has 4 heteroatoms. The van der Waals surface area contributed by atoms with Crippen molar-refractivity contribution in [2.24, 2.45) is 0 Å². The molecular formula is C15H12NO2S-. The monoisotopic (exact) mass is 270 g/mol. The van der Waals surface area contributed by atoms with Gasteiger partial charge in [0.15, 0.2) is 0 Å². The summed E-state index contributed by atoms with van der Waals surface area (Å²) in [5, 5.41) is 14.1. The Morgan fingerprint density at radius 2 is 1.53 bits per heavy atom. The molecule has 2 aromatic rings. The molecule has 0 saturated carbocycles. The minimum absolute atomic E-state index is 0.388. The van der Waals surface area contributed by atoms with E-state index < -0.39 is 12.0 Å². The Hall–Kier alpha value is -2.20. The first-order valence-corrected chi connectivity index (χ1v) is 6.21. The average molecular weight is 270 g/mol. The maximum absolute atomic E-state index is 11.2. The zero-order valence-corrected chi connectivity index (χ0v) is 10.9. The third kappa shape index (κ3) is 3.39. The predicted molar refractivity (Wildman–Crippen MR) is 75.5 cm³/mol. The molecule has 19 heavy (non-hydrogen) atoms. The van der Waals surface area contributed by atoms with E-state index in [1.54, 1.807) is 24.3 Å². The van der Waals surface area contributed by atoms with Crippen LogP contribution in [-0.4, -0.2) is 11.0 Å². The largest absolute Gasteiger partial charge is 0.548 e. The predicted octanol–water partition coefficient (Wildman–Crippen LogP) is 1.44. The third-order valence-corrected chi connectivity index (χ3v) is 3.03. The molecule has 0 aliphatic carbocycles. The third-order valence-electron chi connectivity index (χ3n) is 2.68. The van der Waals surface area contributed by atoms with Crippen LogP contribution in [0.25, 0.3) is 0 Å². The molecule has 96 valence electrons. The summed E-state index contributed by atoms with van der Waals surface area (Å²) < 4.78 is 0. The Balaban J connectivity index is 2.19. The fraction of sp³-hybridized carbons (Fsp3) is 0.0667. The number of carboxylic acids is 1. The molecule has 2 rings (SSSR count). The number of hydrogen-bond donors (Lipinski definition) is 1. The van der Waals surface area contributed by atoms with Gasteiger partial charge in [0.25, 0.3) is 0 Å². The summed E-state index contributed by atoms with van der Waals surface area (Å²) in [6.07, 6.45) is 0. The maximum Gasteiger partial charge on any atom is 0.107 e. The number of rotatable bonds is 4. The summed E-state index contributed by atoms with van der Waals surface area (Å²) in [6.45, 7) is 0. The molecule has 0 bridgehead atoms. The lowest BCUT2D eigenvalue weighted by Gasteiger charge is -2.21. The van der Waals surface area contributed by atoms with Crippen molar-refractivity contribution >= 4 is 23.2 Å². The quantitative estimate of drug-likeness (QED) is 0.854. The van der Waals surface area contributed by atoms with Crippen molar-refractivity contribution in [2.75, 3.05) is 0 Å². The standard InChI is InChI=1S/C15H13NO2S/c17-15(18)13(11-7-3-1-4-8-11)16-14(19)12-9-5-2-6-10-12/h1-10,13H,(H,16,19)(H,17,18)/p-1. The van der Waals surface area contributed by atoms with Gasteiger partial charge in [-0.25, -0.2) is 0 Å². The first kappa shape index (κ1) is 13.2. The van der Waals surface area contributed by atoms with Gasteiger partial charge in [-0.3, -0.25) is 0 Å². The van der Waals surface area contributed by atoms with Crippen LogP contribution in [0, 0.1) is 0 Å². The second-order valence-corrected chi connectivity index (χ2v) is 4.41. The minimum Gasteiger partial charge on any atom is -0.548 e. The van der Waals surface area contributed by atoms with Gasteiger partial charge in [-0.05, 0) is 5.56 Å². The first-order chi connectivity index (χ1) is 9.18. The maximum atomic E-state index is 11.2. The molecule has 1 N–H and O–H groups in total. The van der Waals surface area contributed by atoms with Gasteiger partial charge in [0.05, 0.1) is 12.0 Å². The van der Waals surface area contributed by atoms with Crippen molar-refractivity contribution in [1.29, 1.82) is 0 Å². The summed E-state index contributed by atoms with van der Waals surface area (Å²) in [6, 6.07) is 17.1. The molecule has 0 aromatic heterocycles. The second kappa shape index (κ2) is 6.11. The van der Waals surface area contributed by atoms with E-state index in [4.69, 9.17) is 12.2 Å². The zero-order valence-electron chi connectivity index (χ0n) is 10.1. The molecule has 3 nitrogen and oxygen atoms in total. The normalized spacial score (nSPS) is 11.6. The Morgan fingerprint density at radius 1 is 1.00 bits per heavy atom. The van der Waals surface area contributed by atoms with Crippen LogP contribution in [-0.2, 0) is 4.79 Å². The molecule has 0 fully saturated rings. The highest BCUT2D eigenvalue weighted by molar-refractivity contribution is 7.80. The van der Waals surface area contributed by atoms with Crippen molar-refractivity contribution in [2.45, 2.75) is 6.04 Å². The van der Waals surface area contributed by atoms with Gasteiger partial charge < -0.3 is 15.2 Å². The van der Waals surface area contributed by atoms with E-state index in [2.05, 4.69) is 5.32 Å². The first-order valence-electron chi connectivity index (χ1n) is 5.80. The molecule has 1 atom stereocenters. The molecule has 0 heterocycles. The highest BCUT2D eigenvalue weighted by Crippen LogP contribution is 2.13. The Kier molecular flexibility index (Phi) is 4.26. The SMILES string of the molecule is O=C([O-])C(NC(=S)c1ccccc1)c1ccccc1. The van der Waals surface area contributed by atoms with Crippen LogP contribution < -0.4 is 10.4 Å². The van der Waals surface area contributed by atoms with Crippen LogP contribution >= 0.6 is 12.2 Å². The number of hydrogen-bond acceptors (Lipinski definition) is 3. The Labute approximate surface area is 116 Å². The van der Waals surface area contributed by atoms with Crippen molar-refractivity contribution in [3.63, 3.8) is 0 Å².